The minimum Gasteiger partial charge on any atom is -0.444 e. The molecule has 1 aliphatic carbocycles. The predicted molar refractivity (Wildman–Crippen MR) is 133 cm³/mol. The van der Waals surface area contributed by atoms with Gasteiger partial charge in [0.25, 0.3) is 0 Å². The largest absolute Gasteiger partial charge is 0.444 e. The molecule has 1 aliphatic rings. The van der Waals surface area contributed by atoms with Crippen LogP contribution in [0.5, 0.6) is 0 Å². The molecule has 0 aromatic carbocycles. The molecule has 10 heteroatoms. The molecule has 0 atom stereocenters. The number of rotatable bonds is 6. The van der Waals surface area contributed by atoms with Gasteiger partial charge in [0.15, 0.2) is 15.8 Å². The number of carbonyl (C=O) groups is 1. The van der Waals surface area contributed by atoms with Gasteiger partial charge in [0, 0.05) is 18.6 Å². The number of ether oxygens (including phenoxy) is 1. The van der Waals surface area contributed by atoms with Crippen LogP contribution < -0.4 is 16.0 Å². The SMILES string of the molecule is CCNC(=NCCS(=O)(=O)C(C)(C)C)NC1CCC(NC(=O)OC(C)(C)C)CC1.I. The second kappa shape index (κ2) is 12.3. The van der Waals surface area contributed by atoms with Gasteiger partial charge < -0.3 is 20.7 Å². The third kappa shape index (κ3) is 11.0. The van der Waals surface area contributed by atoms with E-state index in [4.69, 9.17) is 4.74 Å². The van der Waals surface area contributed by atoms with Gasteiger partial charge in [-0.2, -0.15) is 0 Å². The molecule has 0 heterocycles. The van der Waals surface area contributed by atoms with Crippen LogP contribution in [0.3, 0.4) is 0 Å². The predicted octanol–water partition coefficient (Wildman–Crippen LogP) is 3.21. The minimum absolute atomic E-state index is 0. The van der Waals surface area contributed by atoms with Crippen LogP contribution in [-0.2, 0) is 14.6 Å². The van der Waals surface area contributed by atoms with Crippen molar-refractivity contribution in [2.24, 2.45) is 4.99 Å². The van der Waals surface area contributed by atoms with Crippen LogP contribution in [0.15, 0.2) is 4.99 Å². The Labute approximate surface area is 199 Å². The lowest BCUT2D eigenvalue weighted by Crippen LogP contribution is -2.48. The van der Waals surface area contributed by atoms with Crippen molar-refractivity contribution < 1.29 is 17.9 Å². The van der Waals surface area contributed by atoms with Gasteiger partial charge in [-0.1, -0.05) is 0 Å². The normalized spacial score (nSPS) is 20.7. The number of nitrogens with one attached hydrogen (secondary N) is 3. The van der Waals surface area contributed by atoms with Gasteiger partial charge in [0.1, 0.15) is 5.60 Å². The second-order valence-corrected chi connectivity index (χ2v) is 12.4. The Morgan fingerprint density at radius 3 is 1.93 bits per heavy atom. The highest BCUT2D eigenvalue weighted by atomic mass is 127. The number of nitrogens with zero attached hydrogens (tertiary/aromatic N) is 1. The molecule has 30 heavy (non-hydrogen) atoms. The summed E-state index contributed by atoms with van der Waals surface area (Å²) in [6.07, 6.45) is 3.13. The van der Waals surface area contributed by atoms with Crippen molar-refractivity contribution in [3.8, 4) is 0 Å². The summed E-state index contributed by atoms with van der Waals surface area (Å²) in [6, 6.07) is 0.350. The van der Waals surface area contributed by atoms with Gasteiger partial charge in [0.2, 0.25) is 0 Å². The molecule has 0 bridgehead atoms. The lowest BCUT2D eigenvalue weighted by Gasteiger charge is -2.31. The van der Waals surface area contributed by atoms with E-state index in [2.05, 4.69) is 20.9 Å². The molecule has 178 valence electrons. The lowest BCUT2D eigenvalue weighted by molar-refractivity contribution is 0.0490. The molecule has 0 unspecified atom stereocenters. The monoisotopic (exact) mass is 560 g/mol. The number of halogens is 1. The molecule has 0 aliphatic heterocycles. The fraction of sp³-hybridized carbons (Fsp3) is 0.900. The van der Waals surface area contributed by atoms with Crippen LogP contribution in [0, 0.1) is 0 Å². The molecular weight excluding hydrogens is 519 g/mol. The maximum absolute atomic E-state index is 12.2. The molecule has 8 nitrogen and oxygen atoms in total. The van der Waals surface area contributed by atoms with E-state index in [1.807, 2.05) is 27.7 Å². The van der Waals surface area contributed by atoms with Crippen LogP contribution in [0.25, 0.3) is 0 Å². The standard InChI is InChI=1S/C20H40N4O4S.HI/c1-8-21-17(22-13-14-29(26,27)20(5,6)7)23-15-9-11-16(12-10-15)24-18(25)28-19(2,3)4;/h15-16H,8-14H2,1-7H3,(H,24,25)(H2,21,22,23);1H. The maximum Gasteiger partial charge on any atom is 0.407 e. The van der Waals surface area contributed by atoms with Gasteiger partial charge in [0.05, 0.1) is 17.0 Å². The van der Waals surface area contributed by atoms with Crippen molar-refractivity contribution in [3.63, 3.8) is 0 Å². The molecule has 1 fully saturated rings. The Morgan fingerprint density at radius 2 is 1.50 bits per heavy atom. The van der Waals surface area contributed by atoms with Crippen molar-refractivity contribution in [2.75, 3.05) is 18.8 Å². The lowest BCUT2D eigenvalue weighted by atomic mass is 9.91. The van der Waals surface area contributed by atoms with Crippen LogP contribution in [0.1, 0.15) is 74.1 Å². The first-order valence-electron chi connectivity index (χ1n) is 10.5. The maximum atomic E-state index is 12.2. The first-order valence-corrected chi connectivity index (χ1v) is 12.2. The Hall–Kier alpha value is -0.780. The molecular formula is C20H41IN4O4S. The van der Waals surface area contributed by atoms with Gasteiger partial charge in [-0.3, -0.25) is 4.99 Å². The summed E-state index contributed by atoms with van der Waals surface area (Å²) in [7, 11) is -3.19. The zero-order valence-corrected chi connectivity index (χ0v) is 22.6. The van der Waals surface area contributed by atoms with Crippen molar-refractivity contribution in [3.05, 3.63) is 0 Å². The van der Waals surface area contributed by atoms with Crippen LogP contribution in [-0.4, -0.2) is 61.7 Å². The Balaban J connectivity index is 0.00000841. The number of alkyl carbamates (subject to hydrolysis) is 1. The third-order valence-electron chi connectivity index (χ3n) is 4.70. The summed E-state index contributed by atoms with van der Waals surface area (Å²) in [4.78, 5) is 16.4. The summed E-state index contributed by atoms with van der Waals surface area (Å²) < 4.78 is 29.0. The van der Waals surface area contributed by atoms with E-state index in [-0.39, 0.29) is 54.5 Å². The first kappa shape index (κ1) is 29.2. The molecule has 1 saturated carbocycles. The van der Waals surface area contributed by atoms with E-state index in [0.717, 1.165) is 25.7 Å². The Kier molecular flexibility index (Phi) is 12.0. The average molecular weight is 561 g/mol. The molecule has 1 amide bonds. The summed E-state index contributed by atoms with van der Waals surface area (Å²) in [5, 5.41) is 9.51. The molecule has 0 aromatic rings. The summed E-state index contributed by atoms with van der Waals surface area (Å²) in [6.45, 7) is 13.6. The number of hydrogen-bond acceptors (Lipinski definition) is 5. The molecule has 3 N–H and O–H groups in total. The van der Waals surface area contributed by atoms with Gasteiger partial charge in [-0.15, -0.1) is 24.0 Å². The highest BCUT2D eigenvalue weighted by Gasteiger charge is 2.28. The number of guanidine groups is 1. The highest BCUT2D eigenvalue weighted by molar-refractivity contribution is 14.0. The van der Waals surface area contributed by atoms with Crippen LogP contribution in [0.4, 0.5) is 4.79 Å². The fourth-order valence-corrected chi connectivity index (χ4v) is 3.90. The number of carbonyl (C=O) groups excluding carboxylic acids is 1. The van der Waals surface area contributed by atoms with Crippen LogP contribution >= 0.6 is 24.0 Å². The molecule has 1 rings (SSSR count). The average Bonchev–Trinajstić information content (AvgIpc) is 2.53. The van der Waals surface area contributed by atoms with Gasteiger partial charge in [-0.25, -0.2) is 13.2 Å². The van der Waals surface area contributed by atoms with E-state index in [1.165, 1.54) is 0 Å². The first-order chi connectivity index (χ1) is 13.2. The Bertz CT molecular complexity index is 661. The van der Waals surface area contributed by atoms with Crippen molar-refractivity contribution in [1.82, 2.24) is 16.0 Å². The smallest absolute Gasteiger partial charge is 0.407 e. The summed E-state index contributed by atoms with van der Waals surface area (Å²) in [5.74, 6) is 0.666. The van der Waals surface area contributed by atoms with E-state index in [9.17, 15) is 13.2 Å². The van der Waals surface area contributed by atoms with Gasteiger partial charge >= 0.3 is 6.09 Å². The quantitative estimate of drug-likeness (QED) is 0.262. The minimum atomic E-state index is -3.19. The summed E-state index contributed by atoms with van der Waals surface area (Å²) in [5.41, 5.74) is -0.500. The fourth-order valence-electron chi connectivity index (χ4n) is 2.95. The van der Waals surface area contributed by atoms with Crippen molar-refractivity contribution >= 4 is 45.9 Å². The third-order valence-corrected chi connectivity index (χ3v) is 7.28. The number of aliphatic imine (C=N–C) groups is 1. The molecule has 0 saturated heterocycles. The highest BCUT2D eigenvalue weighted by Crippen LogP contribution is 2.19. The van der Waals surface area contributed by atoms with E-state index >= 15 is 0 Å². The molecule has 0 aromatic heterocycles. The zero-order valence-electron chi connectivity index (χ0n) is 19.5. The second-order valence-electron chi connectivity index (χ2n) is 9.53. The van der Waals surface area contributed by atoms with Crippen molar-refractivity contribution in [1.29, 1.82) is 0 Å². The number of sulfone groups is 1. The topological polar surface area (TPSA) is 109 Å². The molecule has 0 radical (unpaired) electrons. The molecule has 0 spiro atoms. The van der Waals surface area contributed by atoms with Crippen molar-refractivity contribution in [2.45, 2.75) is 96.6 Å². The van der Waals surface area contributed by atoms with E-state index < -0.39 is 20.2 Å². The van der Waals surface area contributed by atoms with Gasteiger partial charge in [-0.05, 0) is 74.1 Å². The zero-order chi connectivity index (χ0) is 22.3. The number of amides is 1. The van der Waals surface area contributed by atoms with E-state index in [1.54, 1.807) is 20.8 Å². The van der Waals surface area contributed by atoms with Crippen LogP contribution in [0.2, 0.25) is 0 Å². The summed E-state index contributed by atoms with van der Waals surface area (Å²) >= 11 is 0. The Morgan fingerprint density at radius 1 is 1.00 bits per heavy atom. The van der Waals surface area contributed by atoms with E-state index in [0.29, 0.717) is 12.5 Å². The number of hydrogen-bond donors (Lipinski definition) is 3.